The van der Waals surface area contributed by atoms with Crippen molar-refractivity contribution >= 4 is 22.8 Å². The van der Waals surface area contributed by atoms with E-state index >= 15 is 0 Å². The van der Waals surface area contributed by atoms with E-state index in [1.54, 1.807) is 11.8 Å². The van der Waals surface area contributed by atoms with Crippen molar-refractivity contribution in [2.45, 2.75) is 36.6 Å². The highest BCUT2D eigenvalue weighted by molar-refractivity contribution is 7.99. The van der Waals surface area contributed by atoms with Crippen LogP contribution in [0.2, 0.25) is 0 Å². The molecule has 20 heavy (non-hydrogen) atoms. The van der Waals surface area contributed by atoms with Crippen molar-refractivity contribution < 1.29 is 4.74 Å². The van der Waals surface area contributed by atoms with Crippen LogP contribution in [-0.2, 0) is 0 Å². The molecule has 104 valence electrons. The first-order chi connectivity index (χ1) is 9.80. The van der Waals surface area contributed by atoms with Crippen LogP contribution < -0.4 is 4.74 Å². The summed E-state index contributed by atoms with van der Waals surface area (Å²) in [5.74, 6) is 1.02. The zero-order valence-corrected chi connectivity index (χ0v) is 12.2. The fraction of sp³-hybridized carbons (Fsp3) is 0.467. The van der Waals surface area contributed by atoms with Crippen LogP contribution in [0.5, 0.6) is 5.75 Å². The van der Waals surface area contributed by atoms with Gasteiger partial charge in [-0.1, -0.05) is 18.2 Å². The molecule has 0 aliphatic heterocycles. The average Bonchev–Trinajstić information content (AvgIpc) is 3.04. The maximum absolute atomic E-state index is 9.14. The molecule has 5 heteroatoms. The Kier molecular flexibility index (Phi) is 3.83. The lowest BCUT2D eigenvalue weighted by Crippen LogP contribution is -2.07. The average molecular weight is 287 g/mol. The maximum Gasteiger partial charge on any atom is 0.166 e. The Labute approximate surface area is 122 Å². The van der Waals surface area contributed by atoms with E-state index < -0.39 is 0 Å². The molecule has 1 aromatic heterocycles. The largest absolute Gasteiger partial charge is 0.494 e. The first-order valence-electron chi connectivity index (χ1n) is 6.99. The molecule has 0 radical (unpaired) electrons. The molecular formula is C15H17N3OS. The van der Waals surface area contributed by atoms with Crippen molar-refractivity contribution in [2.75, 3.05) is 6.61 Å². The number of nitrogens with zero attached hydrogens (tertiary/aromatic N) is 2. The van der Waals surface area contributed by atoms with Gasteiger partial charge in [0.25, 0.3) is 0 Å². The maximum atomic E-state index is 9.14. The first-order valence-corrected chi connectivity index (χ1v) is 7.87. The molecule has 1 N–H and O–H groups in total. The molecule has 4 nitrogen and oxygen atoms in total. The van der Waals surface area contributed by atoms with Gasteiger partial charge in [0.1, 0.15) is 5.75 Å². The number of ether oxygens (including phenoxy) is 1. The van der Waals surface area contributed by atoms with Gasteiger partial charge < -0.3 is 9.72 Å². The summed E-state index contributed by atoms with van der Waals surface area (Å²) < 4.78 is 5.49. The van der Waals surface area contributed by atoms with Gasteiger partial charge in [-0.3, -0.25) is 0 Å². The molecule has 0 saturated heterocycles. The van der Waals surface area contributed by atoms with Crippen molar-refractivity contribution in [1.29, 1.82) is 5.26 Å². The van der Waals surface area contributed by atoms with Crippen LogP contribution in [0.15, 0.2) is 23.4 Å². The van der Waals surface area contributed by atoms with E-state index in [2.05, 4.69) is 16.0 Å². The van der Waals surface area contributed by atoms with Gasteiger partial charge >= 0.3 is 0 Å². The summed E-state index contributed by atoms with van der Waals surface area (Å²) in [5, 5.41) is 10.4. The lowest BCUT2D eigenvalue weighted by molar-refractivity contribution is 0.340. The van der Waals surface area contributed by atoms with Crippen molar-refractivity contribution in [1.82, 2.24) is 9.97 Å². The Morgan fingerprint density at radius 3 is 3.20 bits per heavy atom. The van der Waals surface area contributed by atoms with Crippen LogP contribution in [0.1, 0.15) is 26.2 Å². The third kappa shape index (κ3) is 2.61. The summed E-state index contributed by atoms with van der Waals surface area (Å²) in [6.45, 7) is 2.63. The Bertz CT molecular complexity index is 646. The Morgan fingerprint density at radius 1 is 1.50 bits per heavy atom. The number of fused-ring (bicyclic) bond motifs is 1. The van der Waals surface area contributed by atoms with Gasteiger partial charge in [-0.15, -0.1) is 0 Å². The quantitative estimate of drug-likeness (QED) is 0.930. The van der Waals surface area contributed by atoms with Crippen LogP contribution >= 0.6 is 11.8 Å². The predicted octanol–water partition coefficient (Wildman–Crippen LogP) is 3.75. The second-order valence-electron chi connectivity index (χ2n) is 4.98. The number of H-pyrrole nitrogens is 1. The molecule has 2 aromatic rings. The molecule has 2 unspecified atom stereocenters. The van der Waals surface area contributed by atoms with Crippen LogP contribution in [0.4, 0.5) is 0 Å². The van der Waals surface area contributed by atoms with Gasteiger partial charge in [-0.05, 0) is 31.9 Å². The van der Waals surface area contributed by atoms with E-state index in [0.717, 1.165) is 41.2 Å². The minimum absolute atomic E-state index is 0.159. The summed E-state index contributed by atoms with van der Waals surface area (Å²) in [6.07, 6.45) is 3.26. The summed E-state index contributed by atoms with van der Waals surface area (Å²) in [4.78, 5) is 7.92. The highest BCUT2D eigenvalue weighted by Gasteiger charge is 2.28. The second kappa shape index (κ2) is 5.76. The summed E-state index contributed by atoms with van der Waals surface area (Å²) in [5.41, 5.74) is 1.94. The topological polar surface area (TPSA) is 61.7 Å². The van der Waals surface area contributed by atoms with Gasteiger partial charge in [-0.25, -0.2) is 4.98 Å². The number of thioether (sulfide) groups is 1. The highest BCUT2D eigenvalue weighted by Crippen LogP contribution is 2.38. The van der Waals surface area contributed by atoms with Crippen LogP contribution in [0.25, 0.3) is 11.0 Å². The smallest absolute Gasteiger partial charge is 0.166 e. The summed E-state index contributed by atoms with van der Waals surface area (Å²) in [6, 6.07) is 8.30. The van der Waals surface area contributed by atoms with E-state index in [1.807, 2.05) is 25.1 Å². The monoisotopic (exact) mass is 287 g/mol. The molecule has 1 aliphatic rings. The number of aromatic amines is 1. The number of aromatic nitrogens is 2. The lowest BCUT2D eigenvalue weighted by atomic mass is 10.1. The molecule has 1 fully saturated rings. The number of imidazole rings is 1. The van der Waals surface area contributed by atoms with E-state index in [0.29, 0.717) is 11.9 Å². The molecule has 0 bridgehead atoms. The van der Waals surface area contributed by atoms with E-state index in [-0.39, 0.29) is 5.92 Å². The number of hydrogen-bond acceptors (Lipinski definition) is 4. The SMILES string of the molecule is CCOc1ccc2nc(SC3CCCC3C#N)[nH]c2c1. The molecule has 1 aliphatic carbocycles. The first kappa shape index (κ1) is 13.3. The third-order valence-corrected chi connectivity index (χ3v) is 4.91. The van der Waals surface area contributed by atoms with E-state index in [9.17, 15) is 0 Å². The van der Waals surface area contributed by atoms with Crippen molar-refractivity contribution in [3.63, 3.8) is 0 Å². The molecule has 1 aromatic carbocycles. The highest BCUT2D eigenvalue weighted by atomic mass is 32.2. The predicted molar refractivity (Wildman–Crippen MR) is 79.9 cm³/mol. The molecular weight excluding hydrogens is 270 g/mol. The van der Waals surface area contributed by atoms with Gasteiger partial charge in [0.15, 0.2) is 5.16 Å². The van der Waals surface area contributed by atoms with E-state index in [4.69, 9.17) is 10.00 Å². The zero-order valence-electron chi connectivity index (χ0n) is 11.4. The van der Waals surface area contributed by atoms with Crippen molar-refractivity contribution in [3.05, 3.63) is 18.2 Å². The number of rotatable bonds is 4. The number of hydrogen-bond donors (Lipinski definition) is 1. The lowest BCUT2D eigenvalue weighted by Gasteiger charge is -2.09. The van der Waals surface area contributed by atoms with Gasteiger partial charge in [0.2, 0.25) is 0 Å². The summed E-state index contributed by atoms with van der Waals surface area (Å²) >= 11 is 1.70. The number of nitrogens with one attached hydrogen (secondary N) is 1. The van der Waals surface area contributed by atoms with E-state index in [1.165, 1.54) is 0 Å². The number of nitriles is 1. The van der Waals surface area contributed by atoms with Gasteiger partial charge in [-0.2, -0.15) is 5.26 Å². The molecule has 2 atom stereocenters. The Hall–Kier alpha value is -1.67. The molecule has 1 saturated carbocycles. The molecule has 0 spiro atoms. The van der Waals surface area contributed by atoms with Crippen molar-refractivity contribution in [2.24, 2.45) is 5.92 Å². The van der Waals surface area contributed by atoms with Crippen LogP contribution in [-0.4, -0.2) is 21.8 Å². The van der Waals surface area contributed by atoms with Crippen LogP contribution in [0.3, 0.4) is 0 Å². The third-order valence-electron chi connectivity index (χ3n) is 3.62. The van der Waals surface area contributed by atoms with Gasteiger partial charge in [0, 0.05) is 11.3 Å². The minimum Gasteiger partial charge on any atom is -0.494 e. The molecule has 0 amide bonds. The van der Waals surface area contributed by atoms with Crippen molar-refractivity contribution in [3.8, 4) is 11.8 Å². The fourth-order valence-corrected chi connectivity index (χ4v) is 3.89. The van der Waals surface area contributed by atoms with Crippen LogP contribution in [0, 0.1) is 17.2 Å². The van der Waals surface area contributed by atoms with Gasteiger partial charge in [0.05, 0.1) is 29.6 Å². The summed E-state index contributed by atoms with van der Waals surface area (Å²) in [7, 11) is 0. The molecule has 3 rings (SSSR count). The fourth-order valence-electron chi connectivity index (χ4n) is 2.64. The number of benzene rings is 1. The Morgan fingerprint density at radius 2 is 2.40 bits per heavy atom. The second-order valence-corrected chi connectivity index (χ2v) is 6.20. The standard InChI is InChI=1S/C15H17N3OS/c1-2-19-11-6-7-12-13(8-11)18-15(17-12)20-14-5-3-4-10(14)9-16/h6-8,10,14H,2-5H2,1H3,(H,17,18). The molecule has 1 heterocycles. The Balaban J connectivity index is 1.80. The minimum atomic E-state index is 0.159. The zero-order chi connectivity index (χ0) is 13.9. The normalized spacial score (nSPS) is 22.0.